The first kappa shape index (κ1) is 17.7. The second-order valence-electron chi connectivity index (χ2n) is 4.85. The van der Waals surface area contributed by atoms with Crippen LogP contribution in [0.5, 0.6) is 0 Å². The van der Waals surface area contributed by atoms with Crippen molar-refractivity contribution in [2.45, 2.75) is 6.18 Å². The van der Waals surface area contributed by atoms with Crippen molar-refractivity contribution in [3.05, 3.63) is 53.9 Å². The van der Waals surface area contributed by atoms with E-state index in [0.29, 0.717) is 18.8 Å². The summed E-state index contributed by atoms with van der Waals surface area (Å²) in [5.41, 5.74) is -0.337. The third-order valence-corrected chi connectivity index (χ3v) is 3.10. The lowest BCUT2D eigenvalue weighted by molar-refractivity contribution is -0.136. The Morgan fingerprint density at radius 2 is 1.96 bits per heavy atom. The minimum absolute atomic E-state index is 0.0795. The number of hydrogen-bond donors (Lipinski definition) is 2. The number of carbonyl (C=O) groups is 1. The van der Waals surface area contributed by atoms with Crippen molar-refractivity contribution in [3.63, 3.8) is 0 Å². The molecule has 1 amide bonds. The Bertz CT molecular complexity index is 688. The number of nitrogens with one attached hydrogen (secondary N) is 2. The highest BCUT2D eigenvalue weighted by Crippen LogP contribution is 2.35. The van der Waals surface area contributed by atoms with Gasteiger partial charge in [0, 0.05) is 13.7 Å². The first-order chi connectivity index (χ1) is 11.4. The zero-order valence-corrected chi connectivity index (χ0v) is 12.9. The predicted octanol–water partition coefficient (Wildman–Crippen LogP) is 3.22. The number of anilines is 2. The van der Waals surface area contributed by atoms with E-state index >= 15 is 0 Å². The number of rotatable bonds is 6. The third kappa shape index (κ3) is 4.69. The number of hydrogen-bond acceptors (Lipinski definition) is 4. The maximum absolute atomic E-state index is 12.9. The minimum atomic E-state index is -4.46. The number of pyridine rings is 1. The summed E-state index contributed by atoms with van der Waals surface area (Å²) in [4.78, 5) is 15.7. The topological polar surface area (TPSA) is 63.2 Å². The van der Waals surface area contributed by atoms with Crippen molar-refractivity contribution in [2.75, 3.05) is 25.6 Å². The molecule has 0 aliphatic carbocycles. The van der Waals surface area contributed by atoms with Crippen LogP contribution < -0.4 is 10.6 Å². The monoisotopic (exact) mass is 339 g/mol. The van der Waals surface area contributed by atoms with Gasteiger partial charge in [-0.15, -0.1) is 0 Å². The second-order valence-corrected chi connectivity index (χ2v) is 4.85. The molecule has 0 saturated heterocycles. The fraction of sp³-hybridized carbons (Fsp3) is 0.250. The van der Waals surface area contributed by atoms with Crippen molar-refractivity contribution < 1.29 is 22.7 Å². The zero-order chi connectivity index (χ0) is 17.6. The van der Waals surface area contributed by atoms with Crippen LogP contribution >= 0.6 is 0 Å². The summed E-state index contributed by atoms with van der Waals surface area (Å²) in [5.74, 6) is -0.380. The fourth-order valence-electron chi connectivity index (χ4n) is 1.95. The lowest BCUT2D eigenvalue weighted by Crippen LogP contribution is -2.27. The lowest BCUT2D eigenvalue weighted by atomic mass is 10.1. The highest BCUT2D eigenvalue weighted by molar-refractivity contribution is 5.92. The number of halogens is 3. The normalized spacial score (nSPS) is 11.2. The number of amides is 1. The van der Waals surface area contributed by atoms with Gasteiger partial charge in [-0.25, -0.2) is 4.98 Å². The summed E-state index contributed by atoms with van der Waals surface area (Å²) in [6.07, 6.45) is -3.16. The summed E-state index contributed by atoms with van der Waals surface area (Å²) in [6, 6.07) is 8.07. The maximum atomic E-state index is 12.9. The molecule has 0 atom stereocenters. The zero-order valence-electron chi connectivity index (χ0n) is 12.9. The standard InChI is InChI=1S/C16H16F3N3O2/c1-24-9-8-20-15(23)14-7-6-11(10-21-14)22-13-5-3-2-4-12(13)16(17,18)19/h2-7,10,22H,8-9H2,1H3,(H,20,23). The number of aromatic nitrogens is 1. The molecule has 1 aromatic carbocycles. The fourth-order valence-corrected chi connectivity index (χ4v) is 1.95. The summed E-state index contributed by atoms with van der Waals surface area (Å²) in [7, 11) is 1.52. The Balaban J connectivity index is 2.09. The van der Waals surface area contributed by atoms with E-state index in [-0.39, 0.29) is 17.3 Å². The Hall–Kier alpha value is -2.61. The van der Waals surface area contributed by atoms with Gasteiger partial charge >= 0.3 is 6.18 Å². The van der Waals surface area contributed by atoms with Crippen LogP contribution in [0, 0.1) is 0 Å². The average molecular weight is 339 g/mol. The van der Waals surface area contributed by atoms with Crippen LogP contribution in [0.25, 0.3) is 0 Å². The number of para-hydroxylation sites is 1. The Morgan fingerprint density at radius 3 is 2.58 bits per heavy atom. The van der Waals surface area contributed by atoms with Gasteiger partial charge in [0.05, 0.1) is 29.7 Å². The molecule has 0 radical (unpaired) electrons. The third-order valence-electron chi connectivity index (χ3n) is 3.10. The molecule has 2 rings (SSSR count). The van der Waals surface area contributed by atoms with E-state index in [1.165, 1.54) is 43.6 Å². The molecule has 5 nitrogen and oxygen atoms in total. The van der Waals surface area contributed by atoms with Crippen molar-refractivity contribution >= 4 is 17.3 Å². The Labute approximate surface area is 136 Å². The van der Waals surface area contributed by atoms with Gasteiger partial charge in [-0.05, 0) is 24.3 Å². The number of benzene rings is 1. The first-order valence-electron chi connectivity index (χ1n) is 7.08. The van der Waals surface area contributed by atoms with Crippen molar-refractivity contribution in [2.24, 2.45) is 0 Å². The molecule has 0 aliphatic heterocycles. The van der Waals surface area contributed by atoms with Gasteiger partial charge in [-0.3, -0.25) is 4.79 Å². The molecule has 24 heavy (non-hydrogen) atoms. The van der Waals surface area contributed by atoms with Gasteiger partial charge in [0.25, 0.3) is 5.91 Å². The van der Waals surface area contributed by atoms with Crippen LogP contribution in [0.3, 0.4) is 0 Å². The molecular formula is C16H16F3N3O2. The Morgan fingerprint density at radius 1 is 1.21 bits per heavy atom. The van der Waals surface area contributed by atoms with E-state index < -0.39 is 11.7 Å². The van der Waals surface area contributed by atoms with E-state index in [2.05, 4.69) is 15.6 Å². The van der Waals surface area contributed by atoms with E-state index in [0.717, 1.165) is 6.07 Å². The molecule has 8 heteroatoms. The maximum Gasteiger partial charge on any atom is 0.418 e. The van der Waals surface area contributed by atoms with E-state index in [4.69, 9.17) is 4.74 Å². The van der Waals surface area contributed by atoms with Crippen molar-refractivity contribution in [3.8, 4) is 0 Å². The first-order valence-corrected chi connectivity index (χ1v) is 7.08. The van der Waals surface area contributed by atoms with Gasteiger partial charge in [-0.1, -0.05) is 12.1 Å². The predicted molar refractivity (Wildman–Crippen MR) is 83.2 cm³/mol. The van der Waals surface area contributed by atoms with E-state index in [9.17, 15) is 18.0 Å². The molecular weight excluding hydrogens is 323 g/mol. The summed E-state index contributed by atoms with van der Waals surface area (Å²) in [6.45, 7) is 0.718. The molecule has 0 unspecified atom stereocenters. The van der Waals surface area contributed by atoms with Gasteiger partial charge in [0.15, 0.2) is 0 Å². The average Bonchev–Trinajstić information content (AvgIpc) is 2.55. The van der Waals surface area contributed by atoms with Gasteiger partial charge < -0.3 is 15.4 Å². The van der Waals surface area contributed by atoms with E-state index in [1.807, 2.05) is 0 Å². The lowest BCUT2D eigenvalue weighted by Gasteiger charge is -2.14. The smallest absolute Gasteiger partial charge is 0.383 e. The molecule has 128 valence electrons. The number of ether oxygens (including phenoxy) is 1. The molecule has 0 aliphatic rings. The molecule has 0 bridgehead atoms. The van der Waals surface area contributed by atoms with Gasteiger partial charge in [0.1, 0.15) is 5.69 Å². The number of nitrogens with zero attached hydrogens (tertiary/aromatic N) is 1. The van der Waals surface area contributed by atoms with Crippen LogP contribution in [0.4, 0.5) is 24.5 Å². The van der Waals surface area contributed by atoms with E-state index in [1.54, 1.807) is 0 Å². The quantitative estimate of drug-likeness (QED) is 0.793. The summed E-state index contributed by atoms with van der Waals surface area (Å²) < 4.78 is 43.7. The molecule has 1 heterocycles. The van der Waals surface area contributed by atoms with Crippen molar-refractivity contribution in [1.82, 2.24) is 10.3 Å². The number of methoxy groups -OCH3 is 1. The van der Waals surface area contributed by atoms with Crippen LogP contribution in [0.15, 0.2) is 42.6 Å². The van der Waals surface area contributed by atoms with Crippen molar-refractivity contribution in [1.29, 1.82) is 0 Å². The molecule has 2 N–H and O–H groups in total. The Kier molecular flexibility index (Phi) is 5.75. The summed E-state index contributed by atoms with van der Waals surface area (Å²) >= 11 is 0. The van der Waals surface area contributed by atoms with Crippen LogP contribution in [-0.4, -0.2) is 31.2 Å². The van der Waals surface area contributed by atoms with Crippen LogP contribution in [0.2, 0.25) is 0 Å². The van der Waals surface area contributed by atoms with Crippen LogP contribution in [-0.2, 0) is 10.9 Å². The minimum Gasteiger partial charge on any atom is -0.383 e. The molecule has 0 saturated carbocycles. The van der Waals surface area contributed by atoms with Crippen LogP contribution in [0.1, 0.15) is 16.1 Å². The SMILES string of the molecule is COCCNC(=O)c1ccc(Nc2ccccc2C(F)(F)F)cn1. The molecule has 0 spiro atoms. The molecule has 2 aromatic rings. The largest absolute Gasteiger partial charge is 0.418 e. The molecule has 1 aromatic heterocycles. The summed E-state index contributed by atoms with van der Waals surface area (Å²) in [5, 5.41) is 5.27. The highest BCUT2D eigenvalue weighted by Gasteiger charge is 2.33. The number of alkyl halides is 3. The molecule has 0 fully saturated rings. The van der Waals surface area contributed by atoms with Gasteiger partial charge in [0.2, 0.25) is 0 Å². The van der Waals surface area contributed by atoms with Gasteiger partial charge in [-0.2, -0.15) is 13.2 Å². The number of carbonyl (C=O) groups excluding carboxylic acids is 1. The highest BCUT2D eigenvalue weighted by atomic mass is 19.4. The second kappa shape index (κ2) is 7.78.